The van der Waals surface area contributed by atoms with Crippen molar-refractivity contribution in [1.82, 2.24) is 14.5 Å². The lowest BCUT2D eigenvalue weighted by atomic mass is 10.3. The highest BCUT2D eigenvalue weighted by Gasteiger charge is 2.26. The molecule has 27 heavy (non-hydrogen) atoms. The van der Waals surface area contributed by atoms with E-state index in [1.165, 1.54) is 19.4 Å². The number of ether oxygens (including phenoxy) is 1. The molecular weight excluding hydrogens is 372 g/mol. The smallest absolute Gasteiger partial charge is 0.293 e. The molecule has 0 amide bonds. The quantitative estimate of drug-likeness (QED) is 0.490. The number of hydrogen-bond donors (Lipinski definition) is 1. The number of nitro benzene ring substituents is 1. The summed E-state index contributed by atoms with van der Waals surface area (Å²) in [6.45, 7) is -0.0572. The van der Waals surface area contributed by atoms with Crippen LogP contribution in [0.4, 0.5) is 5.69 Å². The fourth-order valence-electron chi connectivity index (χ4n) is 2.42. The molecule has 3 rings (SSSR count). The number of nitrogens with zero attached hydrogens (tertiary/aromatic N) is 3. The van der Waals surface area contributed by atoms with Crippen molar-refractivity contribution < 1.29 is 18.1 Å². The molecule has 0 saturated heterocycles. The maximum atomic E-state index is 12.5. The molecule has 3 aromatic rings. The molecule has 0 bridgehead atoms. The third kappa shape index (κ3) is 4.13. The summed E-state index contributed by atoms with van der Waals surface area (Å²) in [5.41, 5.74) is 0.887. The summed E-state index contributed by atoms with van der Waals surface area (Å²) in [5, 5.41) is 15.4. The van der Waals surface area contributed by atoms with Crippen molar-refractivity contribution in [3.8, 4) is 11.4 Å². The molecule has 0 atom stereocenters. The second kappa shape index (κ2) is 7.56. The topological polar surface area (TPSA) is 116 Å². The van der Waals surface area contributed by atoms with Crippen LogP contribution in [0.5, 0.6) is 5.75 Å². The monoisotopic (exact) mass is 388 g/mol. The average molecular weight is 388 g/mol. The van der Waals surface area contributed by atoms with Crippen LogP contribution in [0.25, 0.3) is 5.69 Å². The van der Waals surface area contributed by atoms with Gasteiger partial charge in [-0.05, 0) is 24.3 Å². The van der Waals surface area contributed by atoms with E-state index in [4.69, 9.17) is 4.74 Å². The van der Waals surface area contributed by atoms with E-state index in [0.717, 1.165) is 17.8 Å². The number of nitro groups is 1. The number of hydrogen-bond acceptors (Lipinski definition) is 6. The van der Waals surface area contributed by atoms with E-state index in [0.29, 0.717) is 5.56 Å². The fraction of sp³-hybridized carbons (Fsp3) is 0.118. The molecule has 9 nitrogen and oxygen atoms in total. The number of sulfonamides is 1. The summed E-state index contributed by atoms with van der Waals surface area (Å²) >= 11 is 0. The predicted octanol–water partition coefficient (Wildman–Crippen LogP) is 2.27. The zero-order valence-electron chi connectivity index (χ0n) is 14.3. The van der Waals surface area contributed by atoms with E-state index in [1.807, 2.05) is 30.3 Å². The summed E-state index contributed by atoms with van der Waals surface area (Å²) < 4.78 is 33.9. The Bertz CT molecular complexity index is 1060. The molecule has 10 heteroatoms. The van der Waals surface area contributed by atoms with Gasteiger partial charge in [0.2, 0.25) is 10.0 Å². The minimum atomic E-state index is -4.10. The molecule has 1 aromatic heterocycles. The number of methoxy groups -OCH3 is 1. The molecule has 0 saturated carbocycles. The summed E-state index contributed by atoms with van der Waals surface area (Å²) in [5.74, 6) is 0.199. The number of para-hydroxylation sites is 1. The van der Waals surface area contributed by atoms with Gasteiger partial charge in [0, 0.05) is 18.3 Å². The minimum Gasteiger partial charge on any atom is -0.497 e. The van der Waals surface area contributed by atoms with Crippen molar-refractivity contribution in [2.24, 2.45) is 0 Å². The lowest BCUT2D eigenvalue weighted by molar-refractivity contribution is -0.387. The van der Waals surface area contributed by atoms with Crippen LogP contribution in [0.1, 0.15) is 5.56 Å². The SMILES string of the molecule is COc1ccc(S(=O)(=O)NCc2cnn(-c3ccccc3)c2)c([N+](=O)[O-])c1. The number of rotatable bonds is 7. The van der Waals surface area contributed by atoms with Crippen LogP contribution in [0.2, 0.25) is 0 Å². The number of nitrogens with one attached hydrogen (secondary N) is 1. The van der Waals surface area contributed by atoms with Crippen molar-refractivity contribution in [3.63, 3.8) is 0 Å². The van der Waals surface area contributed by atoms with Crippen LogP contribution >= 0.6 is 0 Å². The number of aromatic nitrogens is 2. The van der Waals surface area contributed by atoms with Gasteiger partial charge in [0.1, 0.15) is 5.75 Å². The van der Waals surface area contributed by atoms with E-state index < -0.39 is 25.5 Å². The highest BCUT2D eigenvalue weighted by atomic mass is 32.2. The Morgan fingerprint density at radius 2 is 1.96 bits per heavy atom. The Morgan fingerprint density at radius 1 is 1.22 bits per heavy atom. The lowest BCUT2D eigenvalue weighted by Gasteiger charge is -2.07. The summed E-state index contributed by atoms with van der Waals surface area (Å²) in [6.07, 6.45) is 3.21. The predicted molar refractivity (Wildman–Crippen MR) is 97.2 cm³/mol. The van der Waals surface area contributed by atoms with E-state index in [2.05, 4.69) is 9.82 Å². The molecule has 0 spiro atoms. The van der Waals surface area contributed by atoms with Gasteiger partial charge >= 0.3 is 0 Å². The van der Waals surface area contributed by atoms with E-state index >= 15 is 0 Å². The van der Waals surface area contributed by atoms with Crippen molar-refractivity contribution in [2.75, 3.05) is 7.11 Å². The summed E-state index contributed by atoms with van der Waals surface area (Å²) in [7, 11) is -2.76. The van der Waals surface area contributed by atoms with Crippen molar-refractivity contribution in [1.29, 1.82) is 0 Å². The minimum absolute atomic E-state index is 0.0572. The number of benzene rings is 2. The molecule has 0 aliphatic carbocycles. The molecule has 0 fully saturated rings. The zero-order valence-corrected chi connectivity index (χ0v) is 15.1. The third-order valence-electron chi connectivity index (χ3n) is 3.78. The fourth-order valence-corrected chi connectivity index (χ4v) is 3.59. The van der Waals surface area contributed by atoms with Gasteiger partial charge in [-0.25, -0.2) is 17.8 Å². The first kappa shape index (κ1) is 18.5. The third-order valence-corrected chi connectivity index (χ3v) is 5.22. The maximum Gasteiger partial charge on any atom is 0.293 e. The molecule has 1 heterocycles. The van der Waals surface area contributed by atoms with E-state index in [-0.39, 0.29) is 12.3 Å². The van der Waals surface area contributed by atoms with Crippen molar-refractivity contribution >= 4 is 15.7 Å². The Balaban J connectivity index is 1.80. The Labute approximate surface area is 155 Å². The molecule has 0 aliphatic heterocycles. The Hall–Kier alpha value is -3.24. The molecule has 1 N–H and O–H groups in total. The van der Waals surface area contributed by atoms with Crippen LogP contribution in [-0.4, -0.2) is 30.2 Å². The molecule has 0 radical (unpaired) electrons. The van der Waals surface area contributed by atoms with E-state index in [1.54, 1.807) is 10.9 Å². The summed E-state index contributed by atoms with van der Waals surface area (Å²) in [4.78, 5) is 10.0. The Kier molecular flexibility index (Phi) is 5.19. The highest BCUT2D eigenvalue weighted by Crippen LogP contribution is 2.28. The van der Waals surface area contributed by atoms with Crippen LogP contribution < -0.4 is 9.46 Å². The van der Waals surface area contributed by atoms with Gasteiger partial charge in [-0.1, -0.05) is 18.2 Å². The largest absolute Gasteiger partial charge is 0.497 e. The Morgan fingerprint density at radius 3 is 2.63 bits per heavy atom. The van der Waals surface area contributed by atoms with E-state index in [9.17, 15) is 18.5 Å². The van der Waals surface area contributed by atoms with Crippen LogP contribution in [0, 0.1) is 10.1 Å². The molecular formula is C17H16N4O5S. The lowest BCUT2D eigenvalue weighted by Crippen LogP contribution is -2.24. The second-order valence-corrected chi connectivity index (χ2v) is 7.28. The van der Waals surface area contributed by atoms with Gasteiger partial charge in [0.15, 0.2) is 4.90 Å². The zero-order chi connectivity index (χ0) is 19.4. The second-order valence-electron chi connectivity index (χ2n) is 5.54. The summed E-state index contributed by atoms with van der Waals surface area (Å²) in [6, 6.07) is 12.9. The van der Waals surface area contributed by atoms with Crippen molar-refractivity contribution in [2.45, 2.75) is 11.4 Å². The van der Waals surface area contributed by atoms with Gasteiger partial charge in [0.05, 0.1) is 30.0 Å². The van der Waals surface area contributed by atoms with Crippen LogP contribution in [0.3, 0.4) is 0 Å². The van der Waals surface area contributed by atoms with Crippen LogP contribution in [0.15, 0.2) is 65.8 Å². The van der Waals surface area contributed by atoms with Crippen molar-refractivity contribution in [3.05, 3.63) is 76.6 Å². The first-order chi connectivity index (χ1) is 12.9. The van der Waals surface area contributed by atoms with Gasteiger partial charge in [-0.2, -0.15) is 5.10 Å². The highest BCUT2D eigenvalue weighted by molar-refractivity contribution is 7.89. The molecule has 0 aliphatic rings. The first-order valence-corrected chi connectivity index (χ1v) is 9.30. The first-order valence-electron chi connectivity index (χ1n) is 7.82. The molecule has 140 valence electrons. The van der Waals surface area contributed by atoms with Gasteiger partial charge in [-0.3, -0.25) is 10.1 Å². The standard InChI is InChI=1S/C17H16N4O5S/c1-26-15-7-8-17(16(9-15)21(22)23)27(24,25)19-11-13-10-18-20(12-13)14-5-3-2-4-6-14/h2-10,12,19H,11H2,1H3. The molecule has 0 unspecified atom stereocenters. The average Bonchev–Trinajstić information content (AvgIpc) is 3.16. The van der Waals surface area contributed by atoms with Gasteiger partial charge in [0.25, 0.3) is 5.69 Å². The normalized spacial score (nSPS) is 11.3. The van der Waals surface area contributed by atoms with Crippen LogP contribution in [-0.2, 0) is 16.6 Å². The van der Waals surface area contributed by atoms with Gasteiger partial charge < -0.3 is 4.74 Å². The maximum absolute atomic E-state index is 12.5. The van der Waals surface area contributed by atoms with Gasteiger partial charge in [-0.15, -0.1) is 0 Å². The molecule has 2 aromatic carbocycles.